The number of nitrogens with one attached hydrogen (secondary N) is 1. The smallest absolute Gasteiger partial charge is 0.204 e. The van der Waals surface area contributed by atoms with Gasteiger partial charge in [0.25, 0.3) is 0 Å². The molecule has 1 aromatic heterocycles. The fourth-order valence-electron chi connectivity index (χ4n) is 2.54. The number of nitrogens with zero attached hydrogens (tertiary/aromatic N) is 2. The molecular weight excluding hydrogens is 290 g/mol. The Bertz CT molecular complexity index is 779. The standard InChI is InChI=1S/C18H21N3O2/c1-13(23)10-19-18-20-16-4-2-3-5-17(16)21(18)11-14-6-8-15(12-22)9-7-14/h2-9,13,22-23H,10-12H2,1H3,(H,19,20). The first-order valence-electron chi connectivity index (χ1n) is 7.73. The highest BCUT2D eigenvalue weighted by molar-refractivity contribution is 5.78. The molecule has 3 aromatic rings. The molecule has 120 valence electrons. The first kappa shape index (κ1) is 15.5. The van der Waals surface area contributed by atoms with Crippen molar-refractivity contribution in [3.63, 3.8) is 0 Å². The first-order valence-corrected chi connectivity index (χ1v) is 7.73. The second kappa shape index (κ2) is 6.81. The molecule has 0 fully saturated rings. The van der Waals surface area contributed by atoms with E-state index in [1.54, 1.807) is 6.92 Å². The van der Waals surface area contributed by atoms with E-state index in [4.69, 9.17) is 5.11 Å². The van der Waals surface area contributed by atoms with Crippen molar-refractivity contribution in [3.05, 3.63) is 59.7 Å². The third kappa shape index (κ3) is 3.52. The summed E-state index contributed by atoms with van der Waals surface area (Å²) in [6.07, 6.45) is -0.438. The first-order chi connectivity index (χ1) is 11.2. The van der Waals surface area contributed by atoms with Gasteiger partial charge in [-0.1, -0.05) is 36.4 Å². The molecule has 3 rings (SSSR count). The number of para-hydroxylation sites is 2. The summed E-state index contributed by atoms with van der Waals surface area (Å²) in [5.74, 6) is 0.748. The molecule has 5 nitrogen and oxygen atoms in total. The van der Waals surface area contributed by atoms with Gasteiger partial charge in [0.2, 0.25) is 5.95 Å². The van der Waals surface area contributed by atoms with Gasteiger partial charge in [-0.3, -0.25) is 0 Å². The number of aliphatic hydroxyl groups excluding tert-OH is 2. The quantitative estimate of drug-likeness (QED) is 0.653. The van der Waals surface area contributed by atoms with Crippen molar-refractivity contribution < 1.29 is 10.2 Å². The fraction of sp³-hybridized carbons (Fsp3) is 0.278. The van der Waals surface area contributed by atoms with Gasteiger partial charge in [-0.2, -0.15) is 0 Å². The second-order valence-corrected chi connectivity index (χ2v) is 5.71. The van der Waals surface area contributed by atoms with Crippen LogP contribution >= 0.6 is 0 Å². The molecule has 0 aliphatic rings. The Balaban J connectivity index is 1.94. The largest absolute Gasteiger partial charge is 0.392 e. The third-order valence-electron chi connectivity index (χ3n) is 3.76. The molecule has 0 saturated heterocycles. The Hall–Kier alpha value is -2.37. The second-order valence-electron chi connectivity index (χ2n) is 5.71. The highest BCUT2D eigenvalue weighted by Crippen LogP contribution is 2.21. The van der Waals surface area contributed by atoms with Gasteiger partial charge in [0.05, 0.1) is 30.3 Å². The zero-order valence-corrected chi connectivity index (χ0v) is 13.1. The van der Waals surface area contributed by atoms with Gasteiger partial charge in [0, 0.05) is 6.54 Å². The molecule has 0 aliphatic carbocycles. The predicted molar refractivity (Wildman–Crippen MR) is 91.4 cm³/mol. The monoisotopic (exact) mass is 311 g/mol. The van der Waals surface area contributed by atoms with E-state index in [2.05, 4.69) is 14.9 Å². The average Bonchev–Trinajstić information content (AvgIpc) is 2.91. The van der Waals surface area contributed by atoms with Crippen molar-refractivity contribution in [1.29, 1.82) is 0 Å². The summed E-state index contributed by atoms with van der Waals surface area (Å²) in [4.78, 5) is 4.62. The van der Waals surface area contributed by atoms with Gasteiger partial charge in [-0.05, 0) is 30.2 Å². The summed E-state index contributed by atoms with van der Waals surface area (Å²) in [6, 6.07) is 15.9. The minimum atomic E-state index is -0.438. The van der Waals surface area contributed by atoms with E-state index in [-0.39, 0.29) is 6.61 Å². The highest BCUT2D eigenvalue weighted by atomic mass is 16.3. The molecule has 1 heterocycles. The van der Waals surface area contributed by atoms with Crippen LogP contribution in [0, 0.1) is 0 Å². The number of benzene rings is 2. The number of anilines is 1. The number of rotatable bonds is 6. The van der Waals surface area contributed by atoms with E-state index >= 15 is 0 Å². The van der Waals surface area contributed by atoms with Crippen LogP contribution in [0.5, 0.6) is 0 Å². The van der Waals surface area contributed by atoms with Gasteiger partial charge in [-0.25, -0.2) is 4.98 Å². The van der Waals surface area contributed by atoms with Crippen LogP contribution < -0.4 is 5.32 Å². The van der Waals surface area contributed by atoms with Crippen molar-refractivity contribution in [3.8, 4) is 0 Å². The van der Waals surface area contributed by atoms with Crippen LogP contribution in [0.1, 0.15) is 18.1 Å². The van der Waals surface area contributed by atoms with Gasteiger partial charge in [0.1, 0.15) is 0 Å². The highest BCUT2D eigenvalue weighted by Gasteiger charge is 2.11. The average molecular weight is 311 g/mol. The van der Waals surface area contributed by atoms with Crippen molar-refractivity contribution in [2.75, 3.05) is 11.9 Å². The number of aromatic nitrogens is 2. The molecule has 0 spiro atoms. The Morgan fingerprint density at radius 3 is 2.48 bits per heavy atom. The molecule has 5 heteroatoms. The van der Waals surface area contributed by atoms with Crippen LogP contribution in [0.3, 0.4) is 0 Å². The maximum atomic E-state index is 9.50. The molecule has 0 radical (unpaired) electrons. The van der Waals surface area contributed by atoms with Crippen molar-refractivity contribution >= 4 is 17.0 Å². The van der Waals surface area contributed by atoms with Crippen molar-refractivity contribution in [1.82, 2.24) is 9.55 Å². The lowest BCUT2D eigenvalue weighted by Gasteiger charge is -2.12. The van der Waals surface area contributed by atoms with E-state index in [0.717, 1.165) is 28.1 Å². The lowest BCUT2D eigenvalue weighted by Crippen LogP contribution is -2.18. The molecular formula is C18H21N3O2. The number of hydrogen-bond donors (Lipinski definition) is 3. The maximum absolute atomic E-state index is 9.50. The summed E-state index contributed by atoms with van der Waals surface area (Å²) < 4.78 is 2.10. The van der Waals surface area contributed by atoms with Crippen LogP contribution in [-0.2, 0) is 13.2 Å². The minimum absolute atomic E-state index is 0.0511. The minimum Gasteiger partial charge on any atom is -0.392 e. The third-order valence-corrected chi connectivity index (χ3v) is 3.76. The van der Waals surface area contributed by atoms with Crippen LogP contribution in [0.4, 0.5) is 5.95 Å². The molecule has 0 saturated carbocycles. The van der Waals surface area contributed by atoms with Crippen molar-refractivity contribution in [2.24, 2.45) is 0 Å². The summed E-state index contributed by atoms with van der Waals surface area (Å²) in [5, 5.41) is 21.9. The maximum Gasteiger partial charge on any atom is 0.204 e. The Kier molecular flexibility index (Phi) is 4.60. The molecule has 0 amide bonds. The number of fused-ring (bicyclic) bond motifs is 1. The predicted octanol–water partition coefficient (Wildman–Crippen LogP) is 2.37. The van der Waals surface area contributed by atoms with Gasteiger partial charge in [-0.15, -0.1) is 0 Å². The van der Waals surface area contributed by atoms with E-state index in [1.807, 2.05) is 48.5 Å². The van der Waals surface area contributed by atoms with E-state index in [9.17, 15) is 5.11 Å². The van der Waals surface area contributed by atoms with Crippen LogP contribution in [0.15, 0.2) is 48.5 Å². The van der Waals surface area contributed by atoms with E-state index in [0.29, 0.717) is 13.1 Å². The number of hydrogen-bond acceptors (Lipinski definition) is 4. The summed E-state index contributed by atoms with van der Waals surface area (Å²) >= 11 is 0. The topological polar surface area (TPSA) is 70.3 Å². The molecule has 3 N–H and O–H groups in total. The van der Waals surface area contributed by atoms with Crippen LogP contribution in [-0.4, -0.2) is 32.4 Å². The molecule has 1 unspecified atom stereocenters. The normalized spacial score (nSPS) is 12.5. The Morgan fingerprint density at radius 2 is 1.78 bits per heavy atom. The molecule has 0 aliphatic heterocycles. The van der Waals surface area contributed by atoms with Crippen LogP contribution in [0.25, 0.3) is 11.0 Å². The van der Waals surface area contributed by atoms with Gasteiger partial charge in [0.15, 0.2) is 0 Å². The SMILES string of the molecule is CC(O)CNc1nc2ccccc2n1Cc1ccc(CO)cc1. The Labute approximate surface area is 135 Å². The Morgan fingerprint density at radius 1 is 1.09 bits per heavy atom. The molecule has 0 bridgehead atoms. The lowest BCUT2D eigenvalue weighted by atomic mass is 10.1. The molecule has 1 atom stereocenters. The fourth-order valence-corrected chi connectivity index (χ4v) is 2.54. The van der Waals surface area contributed by atoms with Crippen LogP contribution in [0.2, 0.25) is 0 Å². The van der Waals surface area contributed by atoms with Gasteiger partial charge >= 0.3 is 0 Å². The zero-order chi connectivity index (χ0) is 16.2. The summed E-state index contributed by atoms with van der Waals surface area (Å²) in [7, 11) is 0. The summed E-state index contributed by atoms with van der Waals surface area (Å²) in [6.45, 7) is 2.92. The van der Waals surface area contributed by atoms with Crippen molar-refractivity contribution in [2.45, 2.75) is 26.2 Å². The number of aliphatic hydroxyl groups is 2. The molecule has 2 aromatic carbocycles. The van der Waals surface area contributed by atoms with Gasteiger partial charge < -0.3 is 20.1 Å². The van der Waals surface area contributed by atoms with E-state index < -0.39 is 6.10 Å². The van der Waals surface area contributed by atoms with E-state index in [1.165, 1.54) is 0 Å². The lowest BCUT2D eigenvalue weighted by molar-refractivity contribution is 0.208. The zero-order valence-electron chi connectivity index (χ0n) is 13.1. The molecule has 23 heavy (non-hydrogen) atoms. The summed E-state index contributed by atoms with van der Waals surface area (Å²) in [5.41, 5.74) is 4.00. The number of imidazole rings is 1.